The molecule has 8 heteroatoms. The molecule has 0 spiro atoms. The van der Waals surface area contributed by atoms with E-state index in [9.17, 15) is 14.0 Å². The average Bonchev–Trinajstić information content (AvgIpc) is 2.67. The highest BCUT2D eigenvalue weighted by Gasteiger charge is 2.17. The predicted molar refractivity (Wildman–Crippen MR) is 105 cm³/mol. The molecule has 0 aliphatic rings. The van der Waals surface area contributed by atoms with Crippen LogP contribution in [0.2, 0.25) is 5.02 Å². The summed E-state index contributed by atoms with van der Waals surface area (Å²) in [5.41, 5.74) is 1.41. The first-order valence-electron chi connectivity index (χ1n) is 8.43. The summed E-state index contributed by atoms with van der Waals surface area (Å²) in [7, 11) is 0. The number of nitrogens with one attached hydrogen (secondary N) is 1. The molecule has 0 aliphatic carbocycles. The second kappa shape index (κ2) is 8.22. The number of rotatable bonds is 5. The van der Waals surface area contributed by atoms with Crippen LogP contribution < -0.4 is 15.6 Å². The fraction of sp³-hybridized carbons (Fsp3) is 0.150. The average molecular weight is 402 g/mol. The van der Waals surface area contributed by atoms with Gasteiger partial charge in [0.1, 0.15) is 5.82 Å². The zero-order valence-electron chi connectivity index (χ0n) is 15.1. The van der Waals surface area contributed by atoms with Gasteiger partial charge in [-0.1, -0.05) is 17.7 Å². The van der Waals surface area contributed by atoms with Crippen molar-refractivity contribution in [3.8, 4) is 11.6 Å². The van der Waals surface area contributed by atoms with Crippen LogP contribution in [0.3, 0.4) is 0 Å². The molecule has 1 unspecified atom stereocenters. The molecule has 0 saturated carbocycles. The smallest absolute Gasteiger partial charge is 0.271 e. The molecule has 1 heterocycles. The zero-order valence-corrected chi connectivity index (χ0v) is 15.9. The summed E-state index contributed by atoms with van der Waals surface area (Å²) in [6, 6.07) is 13.1. The van der Waals surface area contributed by atoms with E-state index >= 15 is 0 Å². The van der Waals surface area contributed by atoms with E-state index in [0.717, 1.165) is 10.2 Å². The van der Waals surface area contributed by atoms with Gasteiger partial charge in [-0.3, -0.25) is 9.59 Å². The van der Waals surface area contributed by atoms with Crippen molar-refractivity contribution in [2.75, 3.05) is 5.32 Å². The number of hydrogen-bond donors (Lipinski definition) is 1. The second-order valence-electron chi connectivity index (χ2n) is 6.11. The van der Waals surface area contributed by atoms with E-state index < -0.39 is 23.4 Å². The Labute approximate surface area is 165 Å². The SMILES string of the molecule is Cc1ccc(NC(=O)C(C)Oc2ccc(=O)n(-c3ccc(F)cc3)n2)cc1Cl. The van der Waals surface area contributed by atoms with Crippen molar-refractivity contribution in [2.24, 2.45) is 0 Å². The molecule has 1 atom stereocenters. The van der Waals surface area contributed by atoms with Gasteiger partial charge in [0, 0.05) is 22.8 Å². The molecule has 1 amide bonds. The Morgan fingerprint density at radius 1 is 1.18 bits per heavy atom. The van der Waals surface area contributed by atoms with Crippen LogP contribution in [0.25, 0.3) is 5.69 Å². The molecule has 0 radical (unpaired) electrons. The van der Waals surface area contributed by atoms with Crippen molar-refractivity contribution < 1.29 is 13.9 Å². The van der Waals surface area contributed by atoms with Crippen LogP contribution in [-0.4, -0.2) is 21.8 Å². The fourth-order valence-electron chi connectivity index (χ4n) is 2.37. The third kappa shape index (κ3) is 4.55. The first kappa shape index (κ1) is 19.6. The standard InChI is InChI=1S/C20H17ClFN3O3/c1-12-3-6-15(11-17(12)21)23-20(27)13(2)28-18-9-10-19(26)25(24-18)16-7-4-14(22)5-8-16/h3-11,13H,1-2H3,(H,23,27). The highest BCUT2D eigenvalue weighted by molar-refractivity contribution is 6.31. The van der Waals surface area contributed by atoms with Crippen LogP contribution in [0, 0.1) is 12.7 Å². The van der Waals surface area contributed by atoms with Crippen molar-refractivity contribution in [1.82, 2.24) is 9.78 Å². The topological polar surface area (TPSA) is 73.2 Å². The lowest BCUT2D eigenvalue weighted by molar-refractivity contribution is -0.122. The largest absolute Gasteiger partial charge is 0.463 e. The first-order valence-corrected chi connectivity index (χ1v) is 8.81. The number of nitrogens with zero attached hydrogens (tertiary/aromatic N) is 2. The Kier molecular flexibility index (Phi) is 5.75. The lowest BCUT2D eigenvalue weighted by Gasteiger charge is -2.15. The minimum atomic E-state index is -0.883. The highest BCUT2D eigenvalue weighted by atomic mass is 35.5. The molecule has 6 nitrogen and oxygen atoms in total. The number of ether oxygens (including phenoxy) is 1. The second-order valence-corrected chi connectivity index (χ2v) is 6.52. The van der Waals surface area contributed by atoms with Crippen molar-refractivity contribution >= 4 is 23.2 Å². The maximum Gasteiger partial charge on any atom is 0.271 e. The lowest BCUT2D eigenvalue weighted by atomic mass is 10.2. The molecule has 3 rings (SSSR count). The maximum atomic E-state index is 13.1. The van der Waals surface area contributed by atoms with E-state index in [2.05, 4.69) is 10.4 Å². The van der Waals surface area contributed by atoms with Crippen LogP contribution in [0.15, 0.2) is 59.4 Å². The third-order valence-electron chi connectivity index (χ3n) is 3.95. The molecule has 144 valence electrons. The summed E-state index contributed by atoms with van der Waals surface area (Å²) < 4.78 is 19.7. The van der Waals surface area contributed by atoms with E-state index in [1.54, 1.807) is 25.1 Å². The maximum absolute atomic E-state index is 13.1. The predicted octanol–water partition coefficient (Wildman–Crippen LogP) is 3.74. The molecule has 2 aromatic carbocycles. The van der Waals surface area contributed by atoms with Gasteiger partial charge in [-0.2, -0.15) is 4.68 Å². The Morgan fingerprint density at radius 3 is 2.57 bits per heavy atom. The number of halogens is 2. The van der Waals surface area contributed by atoms with Gasteiger partial charge in [-0.15, -0.1) is 5.10 Å². The summed E-state index contributed by atoms with van der Waals surface area (Å²) in [6.07, 6.45) is -0.883. The van der Waals surface area contributed by atoms with Gasteiger partial charge >= 0.3 is 0 Å². The Morgan fingerprint density at radius 2 is 1.89 bits per heavy atom. The summed E-state index contributed by atoms with van der Waals surface area (Å²) >= 11 is 6.06. The molecule has 1 aromatic heterocycles. The van der Waals surface area contributed by atoms with E-state index in [-0.39, 0.29) is 5.88 Å². The number of carbonyl (C=O) groups excluding carboxylic acids is 1. The number of aryl methyl sites for hydroxylation is 1. The normalized spacial score (nSPS) is 11.7. The molecular formula is C20H17ClFN3O3. The Hall–Kier alpha value is -3.19. The lowest BCUT2D eigenvalue weighted by Crippen LogP contribution is -2.31. The van der Waals surface area contributed by atoms with E-state index in [4.69, 9.17) is 16.3 Å². The summed E-state index contributed by atoms with van der Waals surface area (Å²) in [6.45, 7) is 3.42. The molecular weight excluding hydrogens is 385 g/mol. The van der Waals surface area contributed by atoms with Gasteiger partial charge < -0.3 is 10.1 Å². The fourth-order valence-corrected chi connectivity index (χ4v) is 2.55. The molecule has 3 aromatic rings. The van der Waals surface area contributed by atoms with Gasteiger partial charge in [-0.25, -0.2) is 4.39 Å². The molecule has 0 saturated heterocycles. The third-order valence-corrected chi connectivity index (χ3v) is 4.36. The van der Waals surface area contributed by atoms with Gasteiger partial charge in [-0.05, 0) is 55.8 Å². The van der Waals surface area contributed by atoms with Gasteiger partial charge in [0.25, 0.3) is 11.5 Å². The van der Waals surface area contributed by atoms with Crippen molar-refractivity contribution in [2.45, 2.75) is 20.0 Å². The van der Waals surface area contributed by atoms with Crippen LogP contribution in [0.5, 0.6) is 5.88 Å². The number of hydrogen-bond acceptors (Lipinski definition) is 4. The number of amides is 1. The minimum absolute atomic E-state index is 0.0773. The molecule has 0 aliphatic heterocycles. The van der Waals surface area contributed by atoms with E-state index in [1.165, 1.54) is 36.4 Å². The number of benzene rings is 2. The number of anilines is 1. The van der Waals surface area contributed by atoms with Gasteiger partial charge in [0.15, 0.2) is 6.10 Å². The molecule has 1 N–H and O–H groups in total. The van der Waals surface area contributed by atoms with Gasteiger partial charge in [0.05, 0.1) is 5.69 Å². The zero-order chi connectivity index (χ0) is 20.3. The van der Waals surface area contributed by atoms with E-state index in [1.807, 2.05) is 6.92 Å². The van der Waals surface area contributed by atoms with Crippen molar-refractivity contribution in [3.05, 3.63) is 81.4 Å². The van der Waals surface area contributed by atoms with E-state index in [0.29, 0.717) is 16.4 Å². The first-order chi connectivity index (χ1) is 13.3. The van der Waals surface area contributed by atoms with Crippen LogP contribution in [-0.2, 0) is 4.79 Å². The summed E-state index contributed by atoms with van der Waals surface area (Å²) in [4.78, 5) is 24.4. The van der Waals surface area contributed by atoms with Crippen molar-refractivity contribution in [1.29, 1.82) is 0 Å². The highest BCUT2D eigenvalue weighted by Crippen LogP contribution is 2.20. The number of aromatic nitrogens is 2. The van der Waals surface area contributed by atoms with Crippen molar-refractivity contribution in [3.63, 3.8) is 0 Å². The Balaban J connectivity index is 1.74. The molecule has 28 heavy (non-hydrogen) atoms. The minimum Gasteiger partial charge on any atom is -0.463 e. The Bertz CT molecular complexity index is 1070. The molecule has 0 bridgehead atoms. The van der Waals surface area contributed by atoms with Crippen LogP contribution in [0.1, 0.15) is 12.5 Å². The monoisotopic (exact) mass is 401 g/mol. The quantitative estimate of drug-likeness (QED) is 0.706. The van der Waals surface area contributed by atoms with Crippen LogP contribution in [0.4, 0.5) is 10.1 Å². The summed E-state index contributed by atoms with van der Waals surface area (Å²) in [5, 5.41) is 7.33. The summed E-state index contributed by atoms with van der Waals surface area (Å²) in [5.74, 6) is -0.750. The number of carbonyl (C=O) groups is 1. The van der Waals surface area contributed by atoms with Gasteiger partial charge in [0.2, 0.25) is 5.88 Å². The van der Waals surface area contributed by atoms with Crippen LogP contribution >= 0.6 is 11.6 Å². The molecule has 0 fully saturated rings.